The first kappa shape index (κ1) is 30.4. The summed E-state index contributed by atoms with van der Waals surface area (Å²) < 4.78 is 37.7. The maximum Gasteiger partial charge on any atom is 0.312 e. The molecule has 4 atom stereocenters. The Morgan fingerprint density at radius 1 is 0.650 bits per heavy atom. The van der Waals surface area contributed by atoms with E-state index < -0.39 is 11.9 Å². The molecule has 0 N–H and O–H groups in total. The van der Waals surface area contributed by atoms with Gasteiger partial charge in [0.1, 0.15) is 0 Å². The number of benzene rings is 2. The summed E-state index contributed by atoms with van der Waals surface area (Å²) in [7, 11) is 0. The lowest BCUT2D eigenvalue weighted by atomic mass is 9.73. The predicted octanol–water partition coefficient (Wildman–Crippen LogP) is 8.29. The second-order valence-corrected chi connectivity index (χ2v) is 13.1. The van der Waals surface area contributed by atoms with Gasteiger partial charge < -0.3 is 28.4 Å². The predicted molar refractivity (Wildman–Crippen MR) is 158 cm³/mol. The van der Waals surface area contributed by atoms with Crippen LogP contribution in [-0.2, 0) is 40.4 Å². The van der Waals surface area contributed by atoms with Crippen molar-refractivity contribution < 1.29 is 28.4 Å². The lowest BCUT2D eigenvalue weighted by molar-refractivity contribution is -0.516. The smallest absolute Gasteiger partial charge is 0.312 e. The fraction of sp³-hybridized carbons (Fsp3) is 0.625. The summed E-state index contributed by atoms with van der Waals surface area (Å²) in [5.74, 6) is -2.10. The van der Waals surface area contributed by atoms with E-state index in [2.05, 4.69) is 57.5 Å². The summed E-state index contributed by atoms with van der Waals surface area (Å²) in [5, 5.41) is 0.693. The molecular weight excluding hydrogens is 596 g/mol. The maximum atomic E-state index is 6.17. The standard InChI is InChI=1S/C16H21BrO3.C16H21ClO3/c2*1-4-9-15-10-18-16(19-11(15)2,20-12(15)3)13-5-7-14(17)8-6-13/h2*5-8,11-12H,4,9-10H2,1-3H3. The lowest BCUT2D eigenvalue weighted by Crippen LogP contribution is -2.65. The van der Waals surface area contributed by atoms with Crippen LogP contribution in [-0.4, -0.2) is 37.6 Å². The number of hydrogen-bond acceptors (Lipinski definition) is 6. The molecule has 6 nitrogen and oxygen atoms in total. The molecule has 8 heteroatoms. The van der Waals surface area contributed by atoms with Crippen LogP contribution in [0.1, 0.15) is 78.4 Å². The number of fused-ring (bicyclic) bond motifs is 6. The van der Waals surface area contributed by atoms with E-state index in [1.54, 1.807) is 0 Å². The Labute approximate surface area is 252 Å². The van der Waals surface area contributed by atoms with E-state index in [1.807, 2.05) is 48.5 Å². The Kier molecular flexibility index (Phi) is 8.80. The molecule has 6 heterocycles. The summed E-state index contributed by atoms with van der Waals surface area (Å²) in [6, 6.07) is 15.4. The Morgan fingerprint density at radius 3 is 1.32 bits per heavy atom. The molecule has 40 heavy (non-hydrogen) atoms. The van der Waals surface area contributed by atoms with Crippen LogP contribution < -0.4 is 0 Å². The molecule has 0 radical (unpaired) electrons. The highest BCUT2D eigenvalue weighted by Crippen LogP contribution is 2.54. The molecule has 2 aromatic carbocycles. The van der Waals surface area contributed by atoms with E-state index in [0.29, 0.717) is 18.2 Å². The molecule has 6 aliphatic heterocycles. The van der Waals surface area contributed by atoms with Gasteiger partial charge in [0.25, 0.3) is 0 Å². The Balaban J connectivity index is 0.000000161. The van der Waals surface area contributed by atoms with E-state index in [1.165, 1.54) is 0 Å². The first-order valence-electron chi connectivity index (χ1n) is 14.6. The summed E-state index contributed by atoms with van der Waals surface area (Å²) in [6.45, 7) is 14.3. The number of halogens is 2. The number of rotatable bonds is 6. The van der Waals surface area contributed by atoms with Crippen molar-refractivity contribution in [2.45, 2.75) is 104 Å². The fourth-order valence-electron chi connectivity index (χ4n) is 6.82. The van der Waals surface area contributed by atoms with Crippen molar-refractivity contribution in [1.29, 1.82) is 0 Å². The van der Waals surface area contributed by atoms with Crippen LogP contribution >= 0.6 is 27.5 Å². The fourth-order valence-corrected chi connectivity index (χ4v) is 7.21. The summed E-state index contributed by atoms with van der Waals surface area (Å²) >= 11 is 9.40. The van der Waals surface area contributed by atoms with Crippen molar-refractivity contribution in [2.24, 2.45) is 10.8 Å². The molecule has 0 aliphatic carbocycles. The highest BCUT2D eigenvalue weighted by molar-refractivity contribution is 9.10. The third kappa shape index (κ3) is 5.09. The highest BCUT2D eigenvalue weighted by Gasteiger charge is 2.61. The molecule has 2 aromatic rings. The Bertz CT molecular complexity index is 1040. The minimum Gasteiger partial charge on any atom is -0.323 e. The molecule has 6 fully saturated rings. The zero-order valence-corrected chi connectivity index (χ0v) is 26.7. The Morgan fingerprint density at radius 2 is 1.00 bits per heavy atom. The van der Waals surface area contributed by atoms with Crippen molar-refractivity contribution in [1.82, 2.24) is 0 Å². The van der Waals surface area contributed by atoms with Gasteiger partial charge in [-0.15, -0.1) is 0 Å². The van der Waals surface area contributed by atoms with E-state index in [0.717, 1.165) is 41.3 Å². The van der Waals surface area contributed by atoms with Gasteiger partial charge in [0, 0.05) is 31.5 Å². The highest BCUT2D eigenvalue weighted by atomic mass is 79.9. The molecular formula is C32H42BrClO6. The zero-order valence-electron chi connectivity index (χ0n) is 24.4. The summed E-state index contributed by atoms with van der Waals surface area (Å²) in [5.41, 5.74) is 1.73. The van der Waals surface area contributed by atoms with Crippen LogP contribution in [0.5, 0.6) is 0 Å². The molecule has 0 spiro atoms. The number of hydrogen-bond donors (Lipinski definition) is 0. The zero-order chi connectivity index (χ0) is 28.8. The van der Waals surface area contributed by atoms with Gasteiger partial charge in [-0.3, -0.25) is 0 Å². The molecule has 0 aromatic heterocycles. The molecule has 6 saturated heterocycles. The van der Waals surface area contributed by atoms with Crippen LogP contribution in [0.25, 0.3) is 0 Å². The van der Waals surface area contributed by atoms with Crippen LogP contribution in [0.4, 0.5) is 0 Å². The van der Waals surface area contributed by atoms with Gasteiger partial charge in [0.05, 0.1) is 37.6 Å². The second-order valence-electron chi connectivity index (χ2n) is 11.7. The van der Waals surface area contributed by atoms with Gasteiger partial charge in [0.2, 0.25) is 0 Å². The molecule has 8 rings (SSSR count). The van der Waals surface area contributed by atoms with Crippen molar-refractivity contribution in [3.05, 3.63) is 69.2 Å². The first-order chi connectivity index (χ1) is 19.0. The van der Waals surface area contributed by atoms with Crippen molar-refractivity contribution in [2.75, 3.05) is 13.2 Å². The molecule has 4 unspecified atom stereocenters. The van der Waals surface area contributed by atoms with Gasteiger partial charge in [-0.1, -0.05) is 54.2 Å². The van der Waals surface area contributed by atoms with E-state index in [4.69, 9.17) is 40.0 Å². The van der Waals surface area contributed by atoms with E-state index in [9.17, 15) is 0 Å². The molecule has 0 saturated carbocycles. The van der Waals surface area contributed by atoms with Gasteiger partial charge in [-0.05, 0) is 89.1 Å². The normalized spacial score (nSPS) is 40.0. The van der Waals surface area contributed by atoms with E-state index >= 15 is 0 Å². The van der Waals surface area contributed by atoms with Gasteiger partial charge >= 0.3 is 11.9 Å². The van der Waals surface area contributed by atoms with Crippen molar-refractivity contribution in [3.63, 3.8) is 0 Å². The first-order valence-corrected chi connectivity index (χ1v) is 15.7. The third-order valence-electron chi connectivity index (χ3n) is 9.45. The van der Waals surface area contributed by atoms with Crippen LogP contribution in [0, 0.1) is 10.8 Å². The lowest BCUT2D eigenvalue weighted by Gasteiger charge is -2.58. The maximum absolute atomic E-state index is 6.17. The van der Waals surface area contributed by atoms with Crippen LogP contribution in [0.3, 0.4) is 0 Å². The second kappa shape index (κ2) is 11.6. The van der Waals surface area contributed by atoms with E-state index in [-0.39, 0.29) is 35.2 Å². The van der Waals surface area contributed by atoms with Crippen LogP contribution in [0.15, 0.2) is 53.0 Å². The SMILES string of the molecule is CCCC12COC(c3ccc(Br)cc3)(OC1C)OC2C.CCCC12COC(c3ccc(Cl)cc3)(OC1C)OC2C. The Hall–Kier alpha value is -1.03. The quantitative estimate of drug-likeness (QED) is 0.318. The molecule has 4 bridgehead atoms. The third-order valence-corrected chi connectivity index (χ3v) is 10.2. The van der Waals surface area contributed by atoms with Gasteiger partial charge in [-0.25, -0.2) is 0 Å². The average molecular weight is 638 g/mol. The monoisotopic (exact) mass is 636 g/mol. The molecule has 220 valence electrons. The topological polar surface area (TPSA) is 55.4 Å². The minimum absolute atomic E-state index is 0.0220. The number of ether oxygens (including phenoxy) is 6. The molecule has 6 aliphatic rings. The van der Waals surface area contributed by atoms with Gasteiger partial charge in [-0.2, -0.15) is 0 Å². The summed E-state index contributed by atoms with van der Waals surface area (Å²) in [4.78, 5) is 0. The van der Waals surface area contributed by atoms with Crippen LogP contribution in [0.2, 0.25) is 5.02 Å². The van der Waals surface area contributed by atoms with Gasteiger partial charge in [0.15, 0.2) is 0 Å². The largest absolute Gasteiger partial charge is 0.323 e. The molecule has 0 amide bonds. The van der Waals surface area contributed by atoms with Crippen molar-refractivity contribution in [3.8, 4) is 0 Å². The minimum atomic E-state index is -1.07. The summed E-state index contributed by atoms with van der Waals surface area (Å²) in [6.07, 6.45) is 4.78. The van der Waals surface area contributed by atoms with Crippen molar-refractivity contribution >= 4 is 27.5 Å². The average Bonchev–Trinajstić information content (AvgIpc) is 2.92.